The molecule has 0 aliphatic heterocycles. The summed E-state index contributed by atoms with van der Waals surface area (Å²) in [5, 5.41) is 8.44. The number of nitrogens with zero attached hydrogens (tertiary/aromatic N) is 3. The summed E-state index contributed by atoms with van der Waals surface area (Å²) in [6.07, 6.45) is 4.92. The molecule has 0 fully saturated rings. The third kappa shape index (κ3) is 2.46. The maximum atomic E-state index is 12.9. The number of carbonyl (C=O) groups excluding carboxylic acids is 1. The van der Waals surface area contributed by atoms with Gasteiger partial charge in [0.1, 0.15) is 0 Å². The molecule has 1 atom stereocenters. The van der Waals surface area contributed by atoms with E-state index in [2.05, 4.69) is 15.4 Å². The zero-order valence-electron chi connectivity index (χ0n) is 13.9. The van der Waals surface area contributed by atoms with Crippen LogP contribution in [0.4, 0.5) is 0 Å². The molecule has 1 unspecified atom stereocenters. The van der Waals surface area contributed by atoms with Crippen molar-refractivity contribution in [3.8, 4) is 0 Å². The van der Waals surface area contributed by atoms with E-state index in [-0.39, 0.29) is 11.9 Å². The standard InChI is InChI=1S/C19H20N4O/c1-12-10-14(13-6-3-4-7-16(13)21-12)19(24)22-17-8-5-9-18-15(17)11-20-23(18)2/h3-4,6-7,10-11,17H,5,8-9H2,1-2H3,(H,22,24). The van der Waals surface area contributed by atoms with Crippen LogP contribution in [-0.4, -0.2) is 20.7 Å². The number of para-hydroxylation sites is 1. The average Bonchev–Trinajstić information content (AvgIpc) is 2.96. The lowest BCUT2D eigenvalue weighted by atomic mass is 9.92. The van der Waals surface area contributed by atoms with Crippen molar-refractivity contribution in [1.82, 2.24) is 20.1 Å². The highest BCUT2D eigenvalue weighted by Crippen LogP contribution is 2.30. The minimum atomic E-state index is -0.0431. The molecule has 122 valence electrons. The smallest absolute Gasteiger partial charge is 0.252 e. The van der Waals surface area contributed by atoms with Crippen molar-refractivity contribution in [1.29, 1.82) is 0 Å². The Hall–Kier alpha value is -2.69. The number of fused-ring (bicyclic) bond motifs is 2. The van der Waals surface area contributed by atoms with Crippen molar-refractivity contribution in [2.45, 2.75) is 32.2 Å². The third-order valence-electron chi connectivity index (χ3n) is 4.77. The van der Waals surface area contributed by atoms with Crippen molar-refractivity contribution >= 4 is 16.8 Å². The summed E-state index contributed by atoms with van der Waals surface area (Å²) < 4.78 is 1.92. The van der Waals surface area contributed by atoms with E-state index in [1.807, 2.05) is 55.2 Å². The van der Waals surface area contributed by atoms with Gasteiger partial charge in [-0.15, -0.1) is 0 Å². The van der Waals surface area contributed by atoms with E-state index < -0.39 is 0 Å². The van der Waals surface area contributed by atoms with Crippen molar-refractivity contribution < 1.29 is 4.79 Å². The van der Waals surface area contributed by atoms with Crippen molar-refractivity contribution in [2.24, 2.45) is 7.05 Å². The number of benzene rings is 1. The van der Waals surface area contributed by atoms with Gasteiger partial charge >= 0.3 is 0 Å². The first kappa shape index (κ1) is 14.9. The van der Waals surface area contributed by atoms with Crippen LogP contribution in [0.1, 0.15) is 46.2 Å². The molecule has 0 saturated heterocycles. The predicted octanol–water partition coefficient (Wildman–Crippen LogP) is 3.08. The summed E-state index contributed by atoms with van der Waals surface area (Å²) in [4.78, 5) is 17.4. The summed E-state index contributed by atoms with van der Waals surface area (Å²) in [5.74, 6) is -0.0431. The van der Waals surface area contributed by atoms with E-state index in [1.54, 1.807) is 0 Å². The topological polar surface area (TPSA) is 59.8 Å². The number of hydrogen-bond donors (Lipinski definition) is 1. The first-order valence-electron chi connectivity index (χ1n) is 8.31. The number of pyridine rings is 1. The normalized spacial score (nSPS) is 16.8. The second-order valence-corrected chi connectivity index (χ2v) is 6.42. The molecule has 2 aromatic heterocycles. The Morgan fingerprint density at radius 1 is 1.33 bits per heavy atom. The number of aromatic nitrogens is 3. The number of carbonyl (C=O) groups is 1. The lowest BCUT2D eigenvalue weighted by Gasteiger charge is -2.24. The average molecular weight is 320 g/mol. The number of aryl methyl sites for hydroxylation is 2. The van der Waals surface area contributed by atoms with Crippen LogP contribution in [0.3, 0.4) is 0 Å². The first-order chi connectivity index (χ1) is 11.6. The Morgan fingerprint density at radius 2 is 2.17 bits per heavy atom. The molecule has 4 rings (SSSR count). The van der Waals surface area contributed by atoms with E-state index in [0.29, 0.717) is 5.56 Å². The molecule has 5 nitrogen and oxygen atoms in total. The molecular weight excluding hydrogens is 300 g/mol. The van der Waals surface area contributed by atoms with Gasteiger partial charge < -0.3 is 5.32 Å². The van der Waals surface area contributed by atoms with Crippen LogP contribution in [0, 0.1) is 6.92 Å². The Morgan fingerprint density at radius 3 is 3.04 bits per heavy atom. The predicted molar refractivity (Wildman–Crippen MR) is 92.8 cm³/mol. The van der Waals surface area contributed by atoms with E-state index in [4.69, 9.17) is 0 Å². The van der Waals surface area contributed by atoms with Gasteiger partial charge in [-0.1, -0.05) is 18.2 Å². The molecule has 5 heteroatoms. The fourth-order valence-corrected chi connectivity index (χ4v) is 3.59. The van der Waals surface area contributed by atoms with Gasteiger partial charge in [0.15, 0.2) is 0 Å². The molecule has 1 aromatic carbocycles. The summed E-state index contributed by atoms with van der Waals surface area (Å²) in [5.41, 5.74) is 4.77. The van der Waals surface area contributed by atoms with E-state index in [1.165, 1.54) is 5.69 Å². The molecule has 0 saturated carbocycles. The summed E-state index contributed by atoms with van der Waals surface area (Å²) >= 11 is 0. The third-order valence-corrected chi connectivity index (χ3v) is 4.77. The van der Waals surface area contributed by atoms with Crippen molar-refractivity contribution in [3.05, 3.63) is 59.0 Å². The Kier molecular flexibility index (Phi) is 3.56. The zero-order valence-corrected chi connectivity index (χ0v) is 13.9. The molecule has 1 amide bonds. The van der Waals surface area contributed by atoms with Crippen LogP contribution >= 0.6 is 0 Å². The zero-order chi connectivity index (χ0) is 16.7. The minimum absolute atomic E-state index is 0.0298. The highest BCUT2D eigenvalue weighted by molar-refractivity contribution is 6.06. The number of amides is 1. The molecule has 1 N–H and O–H groups in total. The van der Waals surface area contributed by atoms with Gasteiger partial charge in [-0.25, -0.2) is 0 Å². The lowest BCUT2D eigenvalue weighted by Crippen LogP contribution is -2.31. The van der Waals surface area contributed by atoms with Gasteiger partial charge in [0.25, 0.3) is 5.91 Å². The van der Waals surface area contributed by atoms with Crippen LogP contribution in [0.2, 0.25) is 0 Å². The number of nitrogens with one attached hydrogen (secondary N) is 1. The van der Waals surface area contributed by atoms with Crippen LogP contribution in [0.25, 0.3) is 10.9 Å². The molecule has 2 heterocycles. The van der Waals surface area contributed by atoms with E-state index in [0.717, 1.165) is 41.4 Å². The highest BCUT2D eigenvalue weighted by atomic mass is 16.1. The molecule has 0 bridgehead atoms. The number of rotatable bonds is 2. The SMILES string of the molecule is Cc1cc(C(=O)NC2CCCc3c2cnn3C)c2ccccc2n1. The summed E-state index contributed by atoms with van der Waals surface area (Å²) in [6, 6.07) is 9.67. The Bertz CT molecular complexity index is 928. The van der Waals surface area contributed by atoms with Gasteiger partial charge in [0.2, 0.25) is 0 Å². The molecule has 0 radical (unpaired) electrons. The fourth-order valence-electron chi connectivity index (χ4n) is 3.59. The molecule has 1 aliphatic carbocycles. The second kappa shape index (κ2) is 5.74. The first-order valence-corrected chi connectivity index (χ1v) is 8.31. The molecular formula is C19H20N4O. The summed E-state index contributed by atoms with van der Waals surface area (Å²) in [6.45, 7) is 1.92. The van der Waals surface area contributed by atoms with E-state index >= 15 is 0 Å². The second-order valence-electron chi connectivity index (χ2n) is 6.42. The van der Waals surface area contributed by atoms with Crippen LogP contribution in [-0.2, 0) is 13.5 Å². The molecule has 1 aliphatic rings. The largest absolute Gasteiger partial charge is 0.345 e. The highest BCUT2D eigenvalue weighted by Gasteiger charge is 2.25. The number of hydrogen-bond acceptors (Lipinski definition) is 3. The van der Waals surface area contributed by atoms with Gasteiger partial charge in [-0.2, -0.15) is 5.10 Å². The maximum Gasteiger partial charge on any atom is 0.252 e. The van der Waals surface area contributed by atoms with Gasteiger partial charge in [-0.3, -0.25) is 14.5 Å². The van der Waals surface area contributed by atoms with Crippen LogP contribution in [0.5, 0.6) is 0 Å². The van der Waals surface area contributed by atoms with Gasteiger partial charge in [0.05, 0.1) is 23.3 Å². The summed E-state index contributed by atoms with van der Waals surface area (Å²) in [7, 11) is 1.96. The molecule has 24 heavy (non-hydrogen) atoms. The van der Waals surface area contributed by atoms with Gasteiger partial charge in [0, 0.05) is 29.4 Å². The monoisotopic (exact) mass is 320 g/mol. The fraction of sp³-hybridized carbons (Fsp3) is 0.316. The molecule has 3 aromatic rings. The Labute approximate surface area is 140 Å². The Balaban J connectivity index is 1.69. The molecule has 0 spiro atoms. The minimum Gasteiger partial charge on any atom is -0.345 e. The van der Waals surface area contributed by atoms with Crippen molar-refractivity contribution in [3.63, 3.8) is 0 Å². The van der Waals surface area contributed by atoms with Crippen LogP contribution < -0.4 is 5.32 Å². The lowest BCUT2D eigenvalue weighted by molar-refractivity contribution is 0.0934. The van der Waals surface area contributed by atoms with Crippen molar-refractivity contribution in [2.75, 3.05) is 0 Å². The quantitative estimate of drug-likeness (QED) is 0.789. The van der Waals surface area contributed by atoms with Gasteiger partial charge in [-0.05, 0) is 38.3 Å². The van der Waals surface area contributed by atoms with Crippen LogP contribution in [0.15, 0.2) is 36.5 Å². The van der Waals surface area contributed by atoms with E-state index in [9.17, 15) is 4.79 Å². The maximum absolute atomic E-state index is 12.9.